The minimum absolute atomic E-state index is 0.134. The maximum Gasteiger partial charge on any atom is 0.265 e. The van der Waals surface area contributed by atoms with Crippen LogP contribution in [0.3, 0.4) is 0 Å². The van der Waals surface area contributed by atoms with E-state index in [1.54, 1.807) is 0 Å². The standard InChI is InChI=1S/C18H20N4OS/c1-11-16(24-12(2)20-11)18(23)22-8-5-13(6-9-22)15-10-14-4-3-7-19-17(14)21-15/h3-4,7,10,13H,5-6,8-9H2,1-2H3,(H,19,21). The number of aromatic nitrogens is 3. The SMILES string of the molecule is Cc1nc(C)c(C(=O)N2CCC(c3cc4cccnc4[nH]3)CC2)s1. The number of nitrogens with one attached hydrogen (secondary N) is 1. The summed E-state index contributed by atoms with van der Waals surface area (Å²) in [6, 6.07) is 6.23. The highest BCUT2D eigenvalue weighted by atomic mass is 32.1. The van der Waals surface area contributed by atoms with Gasteiger partial charge in [-0.3, -0.25) is 4.79 Å². The summed E-state index contributed by atoms with van der Waals surface area (Å²) in [6.07, 6.45) is 3.77. The van der Waals surface area contributed by atoms with E-state index in [0.29, 0.717) is 5.92 Å². The topological polar surface area (TPSA) is 61.9 Å². The molecule has 0 unspecified atom stereocenters. The van der Waals surface area contributed by atoms with Crippen molar-refractivity contribution >= 4 is 28.3 Å². The number of hydrogen-bond acceptors (Lipinski definition) is 4. The Morgan fingerprint density at radius 3 is 2.79 bits per heavy atom. The fraction of sp³-hybridized carbons (Fsp3) is 0.389. The Hall–Kier alpha value is -2.21. The third-order valence-corrected chi connectivity index (χ3v) is 5.79. The van der Waals surface area contributed by atoms with Crippen LogP contribution in [0.25, 0.3) is 11.0 Å². The highest BCUT2D eigenvalue weighted by Crippen LogP contribution is 2.30. The van der Waals surface area contributed by atoms with Crippen LogP contribution in [0.1, 0.15) is 44.8 Å². The van der Waals surface area contributed by atoms with Crippen LogP contribution in [0.2, 0.25) is 0 Å². The van der Waals surface area contributed by atoms with Crippen molar-refractivity contribution in [3.8, 4) is 0 Å². The molecular formula is C18H20N4OS. The zero-order valence-corrected chi connectivity index (χ0v) is 14.7. The number of pyridine rings is 1. The highest BCUT2D eigenvalue weighted by molar-refractivity contribution is 7.13. The molecule has 0 aromatic carbocycles. The number of rotatable bonds is 2. The fourth-order valence-electron chi connectivity index (χ4n) is 3.47. The van der Waals surface area contributed by atoms with Crippen molar-refractivity contribution in [2.45, 2.75) is 32.6 Å². The number of carbonyl (C=O) groups is 1. The number of aromatic amines is 1. The minimum atomic E-state index is 0.134. The Bertz CT molecular complexity index is 856. The molecule has 1 fully saturated rings. The molecule has 1 aliphatic rings. The second kappa shape index (κ2) is 6.02. The van der Waals surface area contributed by atoms with Crippen molar-refractivity contribution in [1.29, 1.82) is 0 Å². The van der Waals surface area contributed by atoms with Gasteiger partial charge in [-0.2, -0.15) is 0 Å². The molecule has 1 amide bonds. The van der Waals surface area contributed by atoms with Gasteiger partial charge in [0.1, 0.15) is 10.5 Å². The minimum Gasteiger partial charge on any atom is -0.343 e. The quantitative estimate of drug-likeness (QED) is 0.774. The first-order valence-corrected chi connectivity index (χ1v) is 9.10. The van der Waals surface area contributed by atoms with Crippen LogP contribution in [-0.4, -0.2) is 38.8 Å². The Morgan fingerprint density at radius 2 is 2.12 bits per heavy atom. The summed E-state index contributed by atoms with van der Waals surface area (Å²) >= 11 is 1.50. The molecule has 0 saturated carbocycles. The third-order valence-electron chi connectivity index (χ3n) is 4.73. The van der Waals surface area contributed by atoms with E-state index in [0.717, 1.165) is 52.5 Å². The van der Waals surface area contributed by atoms with Crippen LogP contribution < -0.4 is 0 Å². The van der Waals surface area contributed by atoms with E-state index < -0.39 is 0 Å². The van der Waals surface area contributed by atoms with Gasteiger partial charge in [-0.05, 0) is 44.9 Å². The summed E-state index contributed by atoms with van der Waals surface area (Å²) < 4.78 is 0. The molecule has 1 N–H and O–H groups in total. The Labute approximate surface area is 144 Å². The number of fused-ring (bicyclic) bond motifs is 1. The lowest BCUT2D eigenvalue weighted by molar-refractivity contribution is 0.0716. The zero-order chi connectivity index (χ0) is 16.7. The van der Waals surface area contributed by atoms with Crippen LogP contribution in [-0.2, 0) is 0 Å². The number of hydrogen-bond donors (Lipinski definition) is 1. The molecule has 1 saturated heterocycles. The predicted molar refractivity (Wildman–Crippen MR) is 95.6 cm³/mol. The maximum absolute atomic E-state index is 12.7. The monoisotopic (exact) mass is 340 g/mol. The van der Waals surface area contributed by atoms with E-state index >= 15 is 0 Å². The van der Waals surface area contributed by atoms with E-state index in [-0.39, 0.29) is 5.91 Å². The Balaban J connectivity index is 1.46. The predicted octanol–water partition coefficient (Wildman–Crippen LogP) is 3.66. The smallest absolute Gasteiger partial charge is 0.265 e. The first kappa shape index (κ1) is 15.3. The second-order valence-electron chi connectivity index (χ2n) is 6.38. The third kappa shape index (κ3) is 2.71. The van der Waals surface area contributed by atoms with Gasteiger partial charge >= 0.3 is 0 Å². The average Bonchev–Trinajstić information content (AvgIpc) is 3.17. The van der Waals surface area contributed by atoms with Crippen molar-refractivity contribution in [2.75, 3.05) is 13.1 Å². The lowest BCUT2D eigenvalue weighted by atomic mass is 9.93. The summed E-state index contributed by atoms with van der Waals surface area (Å²) in [5.74, 6) is 0.599. The number of piperidine rings is 1. The van der Waals surface area contributed by atoms with Gasteiger partial charge in [0.2, 0.25) is 0 Å². The van der Waals surface area contributed by atoms with Gasteiger partial charge in [-0.25, -0.2) is 9.97 Å². The number of aryl methyl sites for hydroxylation is 2. The van der Waals surface area contributed by atoms with E-state index in [1.807, 2.05) is 31.0 Å². The largest absolute Gasteiger partial charge is 0.343 e. The summed E-state index contributed by atoms with van der Waals surface area (Å²) in [4.78, 5) is 27.6. The summed E-state index contributed by atoms with van der Waals surface area (Å²) in [6.45, 7) is 5.46. The second-order valence-corrected chi connectivity index (χ2v) is 7.58. The van der Waals surface area contributed by atoms with E-state index in [1.165, 1.54) is 17.0 Å². The highest BCUT2D eigenvalue weighted by Gasteiger charge is 2.27. The molecule has 3 aromatic rings. The molecule has 0 atom stereocenters. The molecule has 4 heterocycles. The molecule has 3 aromatic heterocycles. The number of H-pyrrole nitrogens is 1. The van der Waals surface area contributed by atoms with Gasteiger partial charge in [0, 0.05) is 36.3 Å². The lowest BCUT2D eigenvalue weighted by Gasteiger charge is -2.31. The first-order valence-electron chi connectivity index (χ1n) is 8.29. The van der Waals surface area contributed by atoms with Gasteiger partial charge in [0.05, 0.1) is 10.7 Å². The van der Waals surface area contributed by atoms with Crippen molar-refractivity contribution in [3.63, 3.8) is 0 Å². The molecule has 5 nitrogen and oxygen atoms in total. The zero-order valence-electron chi connectivity index (χ0n) is 13.9. The molecular weight excluding hydrogens is 320 g/mol. The lowest BCUT2D eigenvalue weighted by Crippen LogP contribution is -2.37. The molecule has 1 aliphatic heterocycles. The number of nitrogens with zero attached hydrogens (tertiary/aromatic N) is 3. The van der Waals surface area contributed by atoms with Gasteiger partial charge < -0.3 is 9.88 Å². The normalized spacial score (nSPS) is 16.0. The first-order chi connectivity index (χ1) is 11.6. The molecule has 0 bridgehead atoms. The Kier molecular flexibility index (Phi) is 3.84. The fourth-order valence-corrected chi connectivity index (χ4v) is 4.35. The summed E-state index contributed by atoms with van der Waals surface area (Å²) in [5.41, 5.74) is 3.04. The van der Waals surface area contributed by atoms with Crippen LogP contribution in [0.5, 0.6) is 0 Å². The van der Waals surface area contributed by atoms with E-state index in [2.05, 4.69) is 27.1 Å². The van der Waals surface area contributed by atoms with E-state index in [4.69, 9.17) is 0 Å². The van der Waals surface area contributed by atoms with Crippen molar-refractivity contribution < 1.29 is 4.79 Å². The van der Waals surface area contributed by atoms with Gasteiger partial charge in [-0.15, -0.1) is 11.3 Å². The van der Waals surface area contributed by atoms with Gasteiger partial charge in [0.15, 0.2) is 0 Å². The van der Waals surface area contributed by atoms with Crippen LogP contribution >= 0.6 is 11.3 Å². The number of likely N-dealkylation sites (tertiary alicyclic amines) is 1. The van der Waals surface area contributed by atoms with Crippen molar-refractivity contribution in [2.24, 2.45) is 0 Å². The van der Waals surface area contributed by atoms with Gasteiger partial charge in [-0.1, -0.05) is 0 Å². The number of thiazole rings is 1. The van der Waals surface area contributed by atoms with Crippen LogP contribution in [0.15, 0.2) is 24.4 Å². The summed E-state index contributed by atoms with van der Waals surface area (Å²) in [7, 11) is 0. The summed E-state index contributed by atoms with van der Waals surface area (Å²) in [5, 5.41) is 2.11. The van der Waals surface area contributed by atoms with E-state index in [9.17, 15) is 4.79 Å². The maximum atomic E-state index is 12.7. The molecule has 24 heavy (non-hydrogen) atoms. The molecule has 6 heteroatoms. The Morgan fingerprint density at radius 1 is 1.33 bits per heavy atom. The van der Waals surface area contributed by atoms with Crippen LogP contribution in [0, 0.1) is 13.8 Å². The van der Waals surface area contributed by atoms with Crippen molar-refractivity contribution in [1.82, 2.24) is 19.9 Å². The number of carbonyl (C=O) groups excluding carboxylic acids is 1. The molecule has 0 spiro atoms. The molecule has 124 valence electrons. The average molecular weight is 340 g/mol. The number of amides is 1. The molecule has 0 aliphatic carbocycles. The van der Waals surface area contributed by atoms with Gasteiger partial charge in [0.25, 0.3) is 5.91 Å². The van der Waals surface area contributed by atoms with Crippen molar-refractivity contribution in [3.05, 3.63) is 45.7 Å². The molecule has 0 radical (unpaired) electrons. The molecule has 4 rings (SSSR count). The van der Waals surface area contributed by atoms with Crippen LogP contribution in [0.4, 0.5) is 0 Å².